The highest BCUT2D eigenvalue weighted by molar-refractivity contribution is 8.02. The largest absolute Gasteiger partial charge is 0.394 e. The van der Waals surface area contributed by atoms with Crippen LogP contribution in [0.25, 0.3) is 0 Å². The standard InChI is InChI=1S/C29H43N3O4S/c1-6-10-19(5)31-27(35)25-29-18(4)14-22(37-29)23(26(34)30-15-20-11-8-7-9-12-20)24(29)28(36)32(25)21(16-33)13-17(2)3/h7-9,11-12,17-19,21-25,33H,6,10,13-16H2,1-5H3,(H,30,34)(H,31,35)/t18?,19?,21-,22-,23+,24+,25?,29?/m1/s1. The number of nitrogens with one attached hydrogen (secondary N) is 2. The minimum atomic E-state index is -0.697. The van der Waals surface area contributed by atoms with Crippen molar-refractivity contribution >= 4 is 29.5 Å². The molecule has 3 heterocycles. The van der Waals surface area contributed by atoms with Crippen LogP contribution < -0.4 is 10.6 Å². The van der Waals surface area contributed by atoms with Crippen molar-refractivity contribution in [3.8, 4) is 0 Å². The van der Waals surface area contributed by atoms with Crippen molar-refractivity contribution in [1.29, 1.82) is 0 Å². The molecule has 0 aliphatic carbocycles. The van der Waals surface area contributed by atoms with Gasteiger partial charge in [0, 0.05) is 17.8 Å². The Kier molecular flexibility index (Phi) is 8.58. The molecular weight excluding hydrogens is 486 g/mol. The fourth-order valence-electron chi connectivity index (χ4n) is 7.00. The smallest absolute Gasteiger partial charge is 0.244 e. The normalized spacial score (nSPS) is 31.9. The SMILES string of the molecule is CCCC(C)NC(=O)C1N([C@@H](CO)CC(C)C)C(=O)[C@@H]2[C@@H](C(=O)NCc3ccccc3)[C@H]3CC(C)C12S3. The summed E-state index contributed by atoms with van der Waals surface area (Å²) >= 11 is 1.68. The number of thioether (sulfide) groups is 1. The van der Waals surface area contributed by atoms with Gasteiger partial charge in [-0.1, -0.05) is 64.4 Å². The van der Waals surface area contributed by atoms with Crippen LogP contribution in [0.15, 0.2) is 30.3 Å². The van der Waals surface area contributed by atoms with Crippen LogP contribution in [0.1, 0.15) is 65.9 Å². The highest BCUT2D eigenvalue weighted by Gasteiger charge is 2.76. The number of hydrogen-bond acceptors (Lipinski definition) is 5. The fraction of sp³-hybridized carbons (Fsp3) is 0.690. The van der Waals surface area contributed by atoms with Crippen molar-refractivity contribution in [1.82, 2.24) is 15.5 Å². The van der Waals surface area contributed by atoms with Gasteiger partial charge >= 0.3 is 0 Å². The van der Waals surface area contributed by atoms with Crippen molar-refractivity contribution in [2.75, 3.05) is 6.61 Å². The van der Waals surface area contributed by atoms with Crippen LogP contribution in [-0.2, 0) is 20.9 Å². The van der Waals surface area contributed by atoms with E-state index in [1.54, 1.807) is 16.7 Å². The van der Waals surface area contributed by atoms with E-state index in [4.69, 9.17) is 0 Å². The molecule has 204 valence electrons. The zero-order valence-corrected chi connectivity index (χ0v) is 23.6. The monoisotopic (exact) mass is 529 g/mol. The summed E-state index contributed by atoms with van der Waals surface area (Å²) in [7, 11) is 0. The second-order valence-electron chi connectivity index (χ2n) is 11.7. The van der Waals surface area contributed by atoms with Gasteiger partial charge in [0.25, 0.3) is 0 Å². The molecular formula is C29H43N3O4S. The Morgan fingerprint density at radius 2 is 1.89 bits per heavy atom. The molecule has 1 spiro atoms. The Bertz CT molecular complexity index is 989. The lowest BCUT2D eigenvalue weighted by Crippen LogP contribution is -2.59. The number of benzene rings is 1. The van der Waals surface area contributed by atoms with Gasteiger partial charge in [-0.3, -0.25) is 14.4 Å². The number of carbonyl (C=O) groups is 3. The van der Waals surface area contributed by atoms with Gasteiger partial charge in [0.1, 0.15) is 6.04 Å². The molecule has 8 atom stereocenters. The average Bonchev–Trinajstić information content (AvgIpc) is 3.45. The number of aliphatic hydroxyl groups is 1. The zero-order chi connectivity index (χ0) is 26.9. The molecule has 7 nitrogen and oxygen atoms in total. The molecule has 3 N–H and O–H groups in total. The minimum Gasteiger partial charge on any atom is -0.394 e. The summed E-state index contributed by atoms with van der Waals surface area (Å²) in [5, 5.41) is 16.7. The maximum absolute atomic E-state index is 14.3. The quantitative estimate of drug-likeness (QED) is 0.408. The Hall–Kier alpha value is -2.06. The van der Waals surface area contributed by atoms with Gasteiger partial charge < -0.3 is 20.6 Å². The first-order valence-corrected chi connectivity index (χ1v) is 14.8. The zero-order valence-electron chi connectivity index (χ0n) is 22.8. The van der Waals surface area contributed by atoms with Gasteiger partial charge in [0.15, 0.2) is 0 Å². The van der Waals surface area contributed by atoms with Crippen LogP contribution in [-0.4, -0.2) is 62.5 Å². The third-order valence-corrected chi connectivity index (χ3v) is 10.6. The summed E-state index contributed by atoms with van der Waals surface area (Å²) in [5.74, 6) is -1.11. The first-order valence-electron chi connectivity index (χ1n) is 13.9. The summed E-state index contributed by atoms with van der Waals surface area (Å²) in [6, 6.07) is 8.60. The number of amides is 3. The molecule has 8 heteroatoms. The summed E-state index contributed by atoms with van der Waals surface area (Å²) in [4.78, 5) is 43.5. The Balaban J connectivity index is 1.68. The van der Waals surface area contributed by atoms with Crippen LogP contribution >= 0.6 is 11.8 Å². The van der Waals surface area contributed by atoms with Crippen molar-refractivity contribution in [3.63, 3.8) is 0 Å². The second kappa shape index (κ2) is 11.4. The molecule has 3 fully saturated rings. The third kappa shape index (κ3) is 5.03. The highest BCUT2D eigenvalue weighted by Crippen LogP contribution is 2.68. The number of aliphatic hydroxyl groups excluding tert-OH is 1. The molecule has 3 saturated heterocycles. The Labute approximate surface area is 225 Å². The number of likely N-dealkylation sites (tertiary alicyclic amines) is 1. The molecule has 1 aromatic rings. The predicted octanol–water partition coefficient (Wildman–Crippen LogP) is 3.35. The number of nitrogens with zero attached hydrogens (tertiary/aromatic N) is 1. The molecule has 37 heavy (non-hydrogen) atoms. The molecule has 3 amide bonds. The van der Waals surface area contributed by atoms with E-state index in [9.17, 15) is 19.5 Å². The summed E-state index contributed by atoms with van der Waals surface area (Å²) in [5.41, 5.74) is 1.01. The van der Waals surface area contributed by atoms with E-state index in [-0.39, 0.29) is 47.5 Å². The molecule has 4 unspecified atom stereocenters. The van der Waals surface area contributed by atoms with E-state index in [1.807, 2.05) is 37.3 Å². The number of rotatable bonds is 11. The predicted molar refractivity (Wildman–Crippen MR) is 147 cm³/mol. The Morgan fingerprint density at radius 1 is 1.19 bits per heavy atom. The van der Waals surface area contributed by atoms with E-state index in [0.29, 0.717) is 13.0 Å². The van der Waals surface area contributed by atoms with E-state index < -0.39 is 28.7 Å². The summed E-state index contributed by atoms with van der Waals surface area (Å²) < 4.78 is -0.670. The molecule has 3 aliphatic rings. The van der Waals surface area contributed by atoms with Gasteiger partial charge in [-0.05, 0) is 43.6 Å². The Morgan fingerprint density at radius 3 is 2.51 bits per heavy atom. The molecule has 3 aliphatic heterocycles. The first-order chi connectivity index (χ1) is 17.6. The van der Waals surface area contributed by atoms with Crippen LogP contribution in [0.5, 0.6) is 0 Å². The number of hydrogen-bond donors (Lipinski definition) is 3. The molecule has 0 saturated carbocycles. The third-order valence-electron chi connectivity index (χ3n) is 8.50. The van der Waals surface area contributed by atoms with Crippen molar-refractivity contribution in [2.45, 2.75) is 95.0 Å². The number of carbonyl (C=O) groups excluding carboxylic acids is 3. The van der Waals surface area contributed by atoms with Gasteiger partial charge in [0.05, 0.1) is 29.2 Å². The van der Waals surface area contributed by atoms with E-state index in [2.05, 4.69) is 38.3 Å². The van der Waals surface area contributed by atoms with Crippen molar-refractivity contribution in [3.05, 3.63) is 35.9 Å². The lowest BCUT2D eigenvalue weighted by atomic mass is 9.65. The lowest BCUT2D eigenvalue weighted by molar-refractivity contribution is -0.143. The molecule has 1 aromatic carbocycles. The van der Waals surface area contributed by atoms with Crippen LogP contribution in [0.4, 0.5) is 0 Å². The van der Waals surface area contributed by atoms with Gasteiger partial charge in [0.2, 0.25) is 17.7 Å². The summed E-state index contributed by atoms with van der Waals surface area (Å²) in [6.07, 6.45) is 3.21. The molecule has 2 bridgehead atoms. The van der Waals surface area contributed by atoms with E-state index >= 15 is 0 Å². The minimum absolute atomic E-state index is 0.00270. The lowest BCUT2D eigenvalue weighted by Gasteiger charge is -2.40. The maximum Gasteiger partial charge on any atom is 0.244 e. The van der Waals surface area contributed by atoms with Crippen LogP contribution in [0.2, 0.25) is 0 Å². The van der Waals surface area contributed by atoms with Gasteiger partial charge in [-0.15, -0.1) is 11.8 Å². The summed E-state index contributed by atoms with van der Waals surface area (Å²) in [6.45, 7) is 10.5. The second-order valence-corrected chi connectivity index (χ2v) is 13.2. The van der Waals surface area contributed by atoms with Crippen molar-refractivity contribution < 1.29 is 19.5 Å². The molecule has 0 radical (unpaired) electrons. The number of fused-ring (bicyclic) bond motifs is 1. The van der Waals surface area contributed by atoms with Crippen molar-refractivity contribution in [2.24, 2.45) is 23.7 Å². The van der Waals surface area contributed by atoms with E-state index in [0.717, 1.165) is 24.8 Å². The van der Waals surface area contributed by atoms with Gasteiger partial charge in [-0.2, -0.15) is 0 Å². The fourth-order valence-corrected chi connectivity index (χ4v) is 9.41. The first kappa shape index (κ1) is 28.0. The molecule has 4 rings (SSSR count). The highest BCUT2D eigenvalue weighted by atomic mass is 32.2. The molecule has 0 aromatic heterocycles. The average molecular weight is 530 g/mol. The van der Waals surface area contributed by atoms with Gasteiger partial charge in [-0.25, -0.2) is 0 Å². The maximum atomic E-state index is 14.3. The van der Waals surface area contributed by atoms with Crippen LogP contribution in [0, 0.1) is 23.7 Å². The topological polar surface area (TPSA) is 98.7 Å². The van der Waals surface area contributed by atoms with E-state index in [1.165, 1.54) is 0 Å². The van der Waals surface area contributed by atoms with Crippen LogP contribution in [0.3, 0.4) is 0 Å².